The van der Waals surface area contributed by atoms with Crippen LogP contribution in [-0.4, -0.2) is 25.8 Å². The largest absolute Gasteiger partial charge is 0.375 e. The molecule has 2 rings (SSSR count). The molecular weight excluding hydrogens is 162 g/mol. The first-order chi connectivity index (χ1) is 6.45. The van der Waals surface area contributed by atoms with Crippen molar-refractivity contribution in [3.05, 3.63) is 35.9 Å². The fourth-order valence-electron chi connectivity index (χ4n) is 1.57. The van der Waals surface area contributed by atoms with Crippen molar-refractivity contribution in [1.82, 2.24) is 5.32 Å². The zero-order chi connectivity index (χ0) is 8.93. The summed E-state index contributed by atoms with van der Waals surface area (Å²) in [7, 11) is 0. The normalized spacial score (nSPS) is 22.9. The monoisotopic (exact) mass is 176 g/mol. The van der Waals surface area contributed by atoms with Crippen LogP contribution in [0, 0.1) is 6.07 Å². The van der Waals surface area contributed by atoms with Gasteiger partial charge in [-0.3, -0.25) is 0 Å². The van der Waals surface area contributed by atoms with Crippen LogP contribution in [0.25, 0.3) is 0 Å². The summed E-state index contributed by atoms with van der Waals surface area (Å²) in [5.74, 6) is 0. The van der Waals surface area contributed by atoms with Crippen molar-refractivity contribution in [2.24, 2.45) is 0 Å². The van der Waals surface area contributed by atoms with Gasteiger partial charge in [-0.25, -0.2) is 0 Å². The molecular formula is C11H14NO. The van der Waals surface area contributed by atoms with E-state index in [4.69, 9.17) is 4.74 Å². The van der Waals surface area contributed by atoms with Crippen molar-refractivity contribution in [2.45, 2.75) is 12.5 Å². The van der Waals surface area contributed by atoms with Crippen LogP contribution in [0.4, 0.5) is 0 Å². The molecule has 1 heterocycles. The van der Waals surface area contributed by atoms with Crippen LogP contribution in [0.2, 0.25) is 0 Å². The van der Waals surface area contributed by atoms with Gasteiger partial charge in [-0.1, -0.05) is 24.3 Å². The van der Waals surface area contributed by atoms with Gasteiger partial charge in [0.15, 0.2) is 0 Å². The first-order valence-corrected chi connectivity index (χ1v) is 4.72. The third-order valence-corrected chi connectivity index (χ3v) is 2.24. The highest BCUT2D eigenvalue weighted by molar-refractivity contribution is 5.14. The molecule has 0 amide bonds. The molecule has 1 atom stereocenters. The smallest absolute Gasteiger partial charge is 0.0740 e. The third-order valence-electron chi connectivity index (χ3n) is 2.24. The van der Waals surface area contributed by atoms with Crippen LogP contribution in [0.15, 0.2) is 24.3 Å². The predicted octanol–water partition coefficient (Wildman–Crippen LogP) is 1.02. The van der Waals surface area contributed by atoms with E-state index >= 15 is 0 Å². The predicted molar refractivity (Wildman–Crippen MR) is 51.6 cm³/mol. The Bertz CT molecular complexity index is 242. The van der Waals surface area contributed by atoms with Crippen LogP contribution in [0.3, 0.4) is 0 Å². The Hall–Kier alpha value is -0.860. The standard InChI is InChI=1S/C11H14NO/c1-2-4-10(5-3-1)8-11-9-12-6-7-13-11/h1-2,4-5,11-12H,6-9H2. The molecule has 1 radical (unpaired) electrons. The van der Waals surface area contributed by atoms with Gasteiger partial charge in [0.25, 0.3) is 0 Å². The number of ether oxygens (including phenoxy) is 1. The highest BCUT2D eigenvalue weighted by Crippen LogP contribution is 2.06. The second kappa shape index (κ2) is 4.40. The average Bonchev–Trinajstić information content (AvgIpc) is 2.21. The summed E-state index contributed by atoms with van der Waals surface area (Å²) in [6, 6.07) is 11.2. The lowest BCUT2D eigenvalue weighted by molar-refractivity contribution is 0.0292. The van der Waals surface area contributed by atoms with Crippen LogP contribution >= 0.6 is 0 Å². The van der Waals surface area contributed by atoms with Crippen LogP contribution in [-0.2, 0) is 11.2 Å². The quantitative estimate of drug-likeness (QED) is 0.726. The van der Waals surface area contributed by atoms with Gasteiger partial charge in [-0.15, -0.1) is 0 Å². The molecule has 0 aromatic heterocycles. The van der Waals surface area contributed by atoms with Crippen LogP contribution in [0.1, 0.15) is 5.56 Å². The molecule has 1 unspecified atom stereocenters. The van der Waals surface area contributed by atoms with Gasteiger partial charge in [0.2, 0.25) is 0 Å². The minimum Gasteiger partial charge on any atom is -0.375 e. The Morgan fingerprint density at radius 3 is 3.31 bits per heavy atom. The third kappa shape index (κ3) is 2.54. The molecule has 1 aliphatic rings. The van der Waals surface area contributed by atoms with Crippen molar-refractivity contribution in [1.29, 1.82) is 0 Å². The highest BCUT2D eigenvalue weighted by Gasteiger charge is 2.12. The molecule has 1 fully saturated rings. The van der Waals surface area contributed by atoms with E-state index < -0.39 is 0 Å². The average molecular weight is 176 g/mol. The van der Waals surface area contributed by atoms with E-state index in [0.29, 0.717) is 6.10 Å². The molecule has 0 spiro atoms. The van der Waals surface area contributed by atoms with Gasteiger partial charge in [0.05, 0.1) is 12.7 Å². The lowest BCUT2D eigenvalue weighted by Gasteiger charge is -2.23. The minimum absolute atomic E-state index is 0.338. The molecule has 0 bridgehead atoms. The van der Waals surface area contributed by atoms with E-state index in [9.17, 15) is 0 Å². The topological polar surface area (TPSA) is 21.3 Å². The van der Waals surface area contributed by atoms with Crippen molar-refractivity contribution in [3.63, 3.8) is 0 Å². The van der Waals surface area contributed by atoms with E-state index in [-0.39, 0.29) is 0 Å². The summed E-state index contributed by atoms with van der Waals surface area (Å²) in [5.41, 5.74) is 1.30. The molecule has 0 saturated carbocycles. The van der Waals surface area contributed by atoms with Crippen molar-refractivity contribution < 1.29 is 4.74 Å². The lowest BCUT2D eigenvalue weighted by Crippen LogP contribution is -2.39. The summed E-state index contributed by atoms with van der Waals surface area (Å²) in [6.07, 6.45) is 1.33. The Labute approximate surface area is 78.9 Å². The van der Waals surface area contributed by atoms with Gasteiger partial charge in [0.1, 0.15) is 0 Å². The Kier molecular flexibility index (Phi) is 2.95. The molecule has 13 heavy (non-hydrogen) atoms. The molecule has 1 aliphatic heterocycles. The Morgan fingerprint density at radius 2 is 2.62 bits per heavy atom. The fourth-order valence-corrected chi connectivity index (χ4v) is 1.57. The van der Waals surface area contributed by atoms with Gasteiger partial charge in [-0.2, -0.15) is 0 Å². The van der Waals surface area contributed by atoms with Crippen molar-refractivity contribution in [3.8, 4) is 0 Å². The van der Waals surface area contributed by atoms with Crippen molar-refractivity contribution in [2.75, 3.05) is 19.7 Å². The van der Waals surface area contributed by atoms with E-state index in [1.807, 2.05) is 18.2 Å². The van der Waals surface area contributed by atoms with Gasteiger partial charge >= 0.3 is 0 Å². The van der Waals surface area contributed by atoms with E-state index in [0.717, 1.165) is 26.1 Å². The summed E-state index contributed by atoms with van der Waals surface area (Å²) in [6.45, 7) is 2.79. The maximum absolute atomic E-state index is 5.61. The first-order valence-electron chi connectivity index (χ1n) is 4.72. The Morgan fingerprint density at radius 1 is 1.62 bits per heavy atom. The second-order valence-corrected chi connectivity index (χ2v) is 3.31. The number of hydrogen-bond donors (Lipinski definition) is 1. The zero-order valence-electron chi connectivity index (χ0n) is 7.62. The number of nitrogens with one attached hydrogen (secondary N) is 1. The molecule has 1 saturated heterocycles. The summed E-state index contributed by atoms with van der Waals surface area (Å²) in [4.78, 5) is 0. The molecule has 1 aromatic carbocycles. The number of benzene rings is 1. The second-order valence-electron chi connectivity index (χ2n) is 3.31. The number of morpholine rings is 1. The maximum Gasteiger partial charge on any atom is 0.0740 e. The van der Waals surface area contributed by atoms with E-state index in [1.54, 1.807) is 0 Å². The van der Waals surface area contributed by atoms with E-state index in [1.165, 1.54) is 5.56 Å². The summed E-state index contributed by atoms with van der Waals surface area (Å²) in [5, 5.41) is 3.32. The molecule has 1 N–H and O–H groups in total. The SMILES string of the molecule is [c]1cccc(CC2CNCCO2)c1. The molecule has 69 valence electrons. The number of hydrogen-bond acceptors (Lipinski definition) is 2. The van der Waals surface area contributed by atoms with Crippen molar-refractivity contribution >= 4 is 0 Å². The molecule has 2 nitrogen and oxygen atoms in total. The Balaban J connectivity index is 1.90. The summed E-state index contributed by atoms with van der Waals surface area (Å²) < 4.78 is 5.61. The lowest BCUT2D eigenvalue weighted by atomic mass is 10.1. The van der Waals surface area contributed by atoms with Gasteiger partial charge in [-0.05, 0) is 18.1 Å². The van der Waals surface area contributed by atoms with E-state index in [2.05, 4.69) is 17.4 Å². The van der Waals surface area contributed by atoms with Gasteiger partial charge < -0.3 is 10.1 Å². The minimum atomic E-state index is 0.338. The number of rotatable bonds is 2. The van der Waals surface area contributed by atoms with Crippen LogP contribution < -0.4 is 5.32 Å². The maximum atomic E-state index is 5.61. The fraction of sp³-hybridized carbons (Fsp3) is 0.455. The van der Waals surface area contributed by atoms with Gasteiger partial charge in [0, 0.05) is 13.1 Å². The molecule has 0 aliphatic carbocycles. The van der Waals surface area contributed by atoms with Crippen LogP contribution in [0.5, 0.6) is 0 Å². The first kappa shape index (κ1) is 8.73. The zero-order valence-corrected chi connectivity index (χ0v) is 7.62. The summed E-state index contributed by atoms with van der Waals surface area (Å²) >= 11 is 0. The molecule has 1 aromatic rings. The highest BCUT2D eigenvalue weighted by atomic mass is 16.5. The molecule has 2 heteroatoms.